The lowest BCUT2D eigenvalue weighted by molar-refractivity contribution is 0.0945. The van der Waals surface area contributed by atoms with Gasteiger partial charge in [0.05, 0.1) is 41.5 Å². The van der Waals surface area contributed by atoms with E-state index in [1.54, 1.807) is 18.7 Å². The number of carbonyl (C=O) groups is 1. The van der Waals surface area contributed by atoms with Crippen LogP contribution in [0.2, 0.25) is 0 Å². The number of aryl methyl sites for hydroxylation is 1. The third-order valence-corrected chi connectivity index (χ3v) is 3.88. The van der Waals surface area contributed by atoms with Crippen LogP contribution < -0.4 is 5.32 Å². The lowest BCUT2D eigenvalue weighted by Crippen LogP contribution is -2.23. The Balaban J connectivity index is 1.42. The van der Waals surface area contributed by atoms with E-state index in [0.29, 0.717) is 18.1 Å². The fraction of sp³-hybridized carbons (Fsp3) is 0.167. The molecule has 1 amide bonds. The number of nitrogens with one attached hydrogen (secondary N) is 1. The van der Waals surface area contributed by atoms with E-state index in [4.69, 9.17) is 4.42 Å². The summed E-state index contributed by atoms with van der Waals surface area (Å²) in [5.41, 5.74) is 3.61. The number of nitrogens with zero attached hydrogens (tertiary/aromatic N) is 5. The molecule has 130 valence electrons. The molecule has 0 saturated heterocycles. The summed E-state index contributed by atoms with van der Waals surface area (Å²) in [4.78, 5) is 29.1. The minimum absolute atomic E-state index is 0.226. The Bertz CT molecular complexity index is 1050. The van der Waals surface area contributed by atoms with Gasteiger partial charge in [-0.15, -0.1) is 0 Å². The van der Waals surface area contributed by atoms with Crippen molar-refractivity contribution in [2.24, 2.45) is 0 Å². The molecule has 8 heteroatoms. The van der Waals surface area contributed by atoms with Crippen LogP contribution in [0.3, 0.4) is 0 Å². The summed E-state index contributed by atoms with van der Waals surface area (Å²) in [7, 11) is 0. The molecule has 0 spiro atoms. The van der Waals surface area contributed by atoms with E-state index < -0.39 is 0 Å². The smallest absolute Gasteiger partial charge is 0.273 e. The second kappa shape index (κ2) is 6.75. The minimum Gasteiger partial charge on any atom is -0.446 e. The molecule has 0 aliphatic heterocycles. The molecule has 0 radical (unpaired) electrons. The maximum absolute atomic E-state index is 12.2. The summed E-state index contributed by atoms with van der Waals surface area (Å²) in [6.07, 6.45) is 6.37. The van der Waals surface area contributed by atoms with Crippen LogP contribution in [0.15, 0.2) is 53.7 Å². The lowest BCUT2D eigenvalue weighted by atomic mass is 10.3. The number of fused-ring (bicyclic) bond motifs is 1. The molecule has 0 aliphatic carbocycles. The first-order valence-corrected chi connectivity index (χ1v) is 8.09. The van der Waals surface area contributed by atoms with Crippen molar-refractivity contribution in [3.63, 3.8) is 0 Å². The van der Waals surface area contributed by atoms with Gasteiger partial charge in [0.2, 0.25) is 5.89 Å². The molecule has 1 N–H and O–H groups in total. The van der Waals surface area contributed by atoms with Crippen molar-refractivity contribution in [1.82, 2.24) is 29.8 Å². The van der Waals surface area contributed by atoms with Gasteiger partial charge in [-0.2, -0.15) is 0 Å². The van der Waals surface area contributed by atoms with Crippen molar-refractivity contribution >= 4 is 16.9 Å². The number of oxazole rings is 1. The van der Waals surface area contributed by atoms with Crippen molar-refractivity contribution in [3.8, 4) is 0 Å². The average Bonchev–Trinajstić information content (AvgIpc) is 3.29. The molecule has 3 aromatic heterocycles. The van der Waals surface area contributed by atoms with Crippen LogP contribution in [0.5, 0.6) is 0 Å². The Hall–Kier alpha value is -3.55. The minimum atomic E-state index is -0.321. The number of aromatic nitrogens is 5. The topological polar surface area (TPSA) is 98.7 Å². The molecule has 1 aromatic carbocycles. The third kappa shape index (κ3) is 3.30. The molecule has 4 rings (SSSR count). The van der Waals surface area contributed by atoms with Crippen LogP contribution in [-0.4, -0.2) is 30.4 Å². The van der Waals surface area contributed by atoms with Crippen LogP contribution in [0, 0.1) is 6.92 Å². The molecule has 0 saturated carbocycles. The zero-order valence-corrected chi connectivity index (χ0v) is 14.1. The maximum Gasteiger partial charge on any atom is 0.273 e. The maximum atomic E-state index is 12.2. The fourth-order valence-electron chi connectivity index (χ4n) is 2.54. The van der Waals surface area contributed by atoms with E-state index in [2.05, 4.69) is 25.3 Å². The first-order valence-electron chi connectivity index (χ1n) is 8.09. The molecule has 3 heterocycles. The fourth-order valence-corrected chi connectivity index (χ4v) is 2.54. The Morgan fingerprint density at radius 2 is 2.08 bits per heavy atom. The number of rotatable bonds is 5. The Morgan fingerprint density at radius 3 is 2.92 bits per heavy atom. The summed E-state index contributed by atoms with van der Waals surface area (Å²) in [6, 6.07) is 7.80. The number of hydrogen-bond acceptors (Lipinski definition) is 6. The molecule has 0 aliphatic rings. The molecule has 26 heavy (non-hydrogen) atoms. The van der Waals surface area contributed by atoms with Crippen LogP contribution in [0.4, 0.5) is 0 Å². The van der Waals surface area contributed by atoms with Crippen molar-refractivity contribution in [2.45, 2.75) is 20.0 Å². The van der Waals surface area contributed by atoms with Crippen molar-refractivity contribution in [3.05, 3.63) is 72.2 Å². The lowest BCUT2D eigenvalue weighted by Gasteiger charge is -2.02. The van der Waals surface area contributed by atoms with Gasteiger partial charge in [0.25, 0.3) is 5.91 Å². The Morgan fingerprint density at radius 1 is 1.19 bits per heavy atom. The van der Waals surface area contributed by atoms with Crippen LogP contribution in [0.25, 0.3) is 11.0 Å². The highest BCUT2D eigenvalue weighted by atomic mass is 16.3. The zero-order chi connectivity index (χ0) is 17.9. The molecule has 0 fully saturated rings. The molecule has 8 nitrogen and oxygen atoms in total. The molecule has 0 unspecified atom stereocenters. The molecule has 0 atom stereocenters. The monoisotopic (exact) mass is 348 g/mol. The highest BCUT2D eigenvalue weighted by Crippen LogP contribution is 2.14. The predicted molar refractivity (Wildman–Crippen MR) is 93.3 cm³/mol. The molecular formula is C18H16N6O2. The van der Waals surface area contributed by atoms with E-state index in [1.165, 1.54) is 6.26 Å². The van der Waals surface area contributed by atoms with Gasteiger partial charge in [0, 0.05) is 6.20 Å². The zero-order valence-electron chi connectivity index (χ0n) is 14.1. The first-order chi connectivity index (χ1) is 12.7. The van der Waals surface area contributed by atoms with E-state index in [9.17, 15) is 4.79 Å². The largest absolute Gasteiger partial charge is 0.446 e. The third-order valence-electron chi connectivity index (χ3n) is 3.88. The van der Waals surface area contributed by atoms with Crippen molar-refractivity contribution in [1.29, 1.82) is 0 Å². The summed E-state index contributed by atoms with van der Waals surface area (Å²) < 4.78 is 7.35. The van der Waals surface area contributed by atoms with Crippen LogP contribution >= 0.6 is 0 Å². The summed E-state index contributed by atoms with van der Waals surface area (Å²) in [5.74, 6) is 0.117. The van der Waals surface area contributed by atoms with E-state index >= 15 is 0 Å². The van der Waals surface area contributed by atoms with E-state index in [0.717, 1.165) is 16.7 Å². The summed E-state index contributed by atoms with van der Waals surface area (Å²) in [6.45, 7) is 2.54. The average molecular weight is 348 g/mol. The van der Waals surface area contributed by atoms with Gasteiger partial charge >= 0.3 is 0 Å². The van der Waals surface area contributed by atoms with Gasteiger partial charge in [0.15, 0.2) is 5.69 Å². The molecule has 4 aromatic rings. The second-order valence-electron chi connectivity index (χ2n) is 5.82. The number of hydrogen-bond donors (Lipinski definition) is 1. The first kappa shape index (κ1) is 15.9. The van der Waals surface area contributed by atoms with Crippen LogP contribution in [-0.2, 0) is 13.1 Å². The number of carbonyl (C=O) groups excluding carboxylic acids is 1. The van der Waals surface area contributed by atoms with Gasteiger partial charge in [-0.3, -0.25) is 14.8 Å². The molecular weight excluding hydrogens is 332 g/mol. The van der Waals surface area contributed by atoms with Crippen LogP contribution in [0.1, 0.15) is 27.8 Å². The SMILES string of the molecule is Cc1cnc(CNC(=O)c2coc(Cn3cnc4ccccc43)n2)cn1. The molecule has 0 bridgehead atoms. The summed E-state index contributed by atoms with van der Waals surface area (Å²) >= 11 is 0. The normalized spacial score (nSPS) is 11.0. The summed E-state index contributed by atoms with van der Waals surface area (Å²) in [5, 5.41) is 2.75. The Labute approximate surface area is 148 Å². The van der Waals surface area contributed by atoms with Gasteiger partial charge in [0.1, 0.15) is 12.8 Å². The second-order valence-corrected chi connectivity index (χ2v) is 5.82. The highest BCUT2D eigenvalue weighted by molar-refractivity contribution is 5.91. The van der Waals surface area contributed by atoms with Gasteiger partial charge < -0.3 is 14.3 Å². The van der Waals surface area contributed by atoms with Gasteiger partial charge in [-0.25, -0.2) is 9.97 Å². The standard InChI is InChI=1S/C18H16N6O2/c1-12-6-20-13(7-19-12)8-21-18(25)15-10-26-17(23-15)9-24-11-22-14-4-2-3-5-16(14)24/h2-7,10-11H,8-9H2,1H3,(H,21,25). The van der Waals surface area contributed by atoms with Crippen molar-refractivity contribution < 1.29 is 9.21 Å². The van der Waals surface area contributed by atoms with E-state index in [-0.39, 0.29) is 18.1 Å². The Kier molecular flexibility index (Phi) is 4.14. The van der Waals surface area contributed by atoms with Gasteiger partial charge in [-0.05, 0) is 19.1 Å². The quantitative estimate of drug-likeness (QED) is 0.593. The highest BCUT2D eigenvalue weighted by Gasteiger charge is 2.13. The number of imidazole rings is 1. The number of para-hydroxylation sites is 2. The predicted octanol–water partition coefficient (Wildman–Crippen LogP) is 2.10. The number of amides is 1. The number of benzene rings is 1. The van der Waals surface area contributed by atoms with Gasteiger partial charge in [-0.1, -0.05) is 12.1 Å². The van der Waals surface area contributed by atoms with Crippen molar-refractivity contribution in [2.75, 3.05) is 0 Å². The van der Waals surface area contributed by atoms with E-state index in [1.807, 2.05) is 35.8 Å².